The summed E-state index contributed by atoms with van der Waals surface area (Å²) in [5, 5.41) is 0. The Morgan fingerprint density at radius 2 is 1.49 bits per heavy atom. The van der Waals surface area contributed by atoms with Crippen molar-refractivity contribution in [1.29, 1.82) is 0 Å². The minimum atomic E-state index is -0.926. The van der Waals surface area contributed by atoms with Gasteiger partial charge >= 0.3 is 0 Å². The molecule has 2 saturated heterocycles. The number of likely N-dealkylation sites (tertiary alicyclic amines) is 1. The molecule has 35 heavy (non-hydrogen) atoms. The maximum Gasteiger partial charge on any atom is 0.254 e. The third-order valence-electron chi connectivity index (χ3n) is 7.01. The Balaban J connectivity index is 1.22. The summed E-state index contributed by atoms with van der Waals surface area (Å²) in [6, 6.07) is 20.0. The van der Waals surface area contributed by atoms with Gasteiger partial charge in [-0.2, -0.15) is 0 Å². The number of amides is 1. The third kappa shape index (κ3) is 4.11. The highest BCUT2D eigenvalue weighted by Gasteiger charge is 2.37. The van der Waals surface area contributed by atoms with Crippen molar-refractivity contribution in [3.8, 4) is 11.1 Å². The number of carbonyl (C=O) groups is 1. The monoisotopic (exact) mass is 470 g/mol. The van der Waals surface area contributed by atoms with Crippen LogP contribution in [-0.2, 0) is 0 Å². The van der Waals surface area contributed by atoms with E-state index in [9.17, 15) is 13.6 Å². The molecule has 2 fully saturated rings. The van der Waals surface area contributed by atoms with Crippen LogP contribution in [0.5, 0.6) is 0 Å². The van der Waals surface area contributed by atoms with E-state index in [1.807, 2.05) is 59.5 Å². The zero-order valence-electron chi connectivity index (χ0n) is 19.1. The molecule has 2 unspecified atom stereocenters. The Bertz CT molecular complexity index is 1400. The standard InChI is InChI=1S/C28H24F2N4O/c29-23-11-25-26(12-24(23)30)32-27(13-31-25)33-14-18-10-19(15-33)17-34(16-18)28(35)22-9-5-4-8-21(22)20-6-2-1-3-7-20/h1-9,11-13,18-19H,10,14-17H2. The van der Waals surface area contributed by atoms with Crippen molar-refractivity contribution in [2.75, 3.05) is 31.1 Å². The molecule has 2 atom stereocenters. The lowest BCUT2D eigenvalue weighted by Crippen LogP contribution is -2.54. The Morgan fingerprint density at radius 1 is 0.829 bits per heavy atom. The lowest BCUT2D eigenvalue weighted by molar-refractivity contribution is 0.0565. The number of carbonyl (C=O) groups excluding carboxylic acids is 1. The lowest BCUT2D eigenvalue weighted by Gasteiger charge is -2.46. The van der Waals surface area contributed by atoms with Gasteiger partial charge in [0, 0.05) is 43.9 Å². The molecule has 0 aliphatic carbocycles. The second kappa shape index (κ2) is 8.73. The number of hydrogen-bond donors (Lipinski definition) is 0. The summed E-state index contributed by atoms with van der Waals surface area (Å²) in [6.07, 6.45) is 2.68. The Kier molecular flexibility index (Phi) is 5.40. The molecule has 6 rings (SSSR count). The zero-order chi connectivity index (χ0) is 23.9. The summed E-state index contributed by atoms with van der Waals surface area (Å²) >= 11 is 0. The summed E-state index contributed by atoms with van der Waals surface area (Å²) in [5.74, 6) is -0.520. The van der Waals surface area contributed by atoms with Crippen molar-refractivity contribution in [2.24, 2.45) is 11.8 Å². The highest BCUT2D eigenvalue weighted by molar-refractivity contribution is 6.01. The summed E-state index contributed by atoms with van der Waals surface area (Å²) in [4.78, 5) is 26.6. The molecule has 7 heteroatoms. The smallest absolute Gasteiger partial charge is 0.254 e. The second-order valence-electron chi connectivity index (χ2n) is 9.48. The van der Waals surface area contributed by atoms with Gasteiger partial charge in [-0.15, -0.1) is 0 Å². The van der Waals surface area contributed by atoms with E-state index in [1.54, 1.807) is 6.20 Å². The molecule has 1 amide bonds. The SMILES string of the molecule is O=C(c1ccccc1-c1ccccc1)N1CC2CC(C1)CN(c1cnc3cc(F)c(F)cc3n1)C2. The fourth-order valence-corrected chi connectivity index (χ4v) is 5.49. The van der Waals surface area contributed by atoms with Gasteiger partial charge in [0.05, 0.1) is 17.2 Å². The molecule has 0 radical (unpaired) electrons. The molecule has 0 N–H and O–H groups in total. The maximum atomic E-state index is 13.7. The molecule has 4 aromatic rings. The van der Waals surface area contributed by atoms with Crippen LogP contribution in [-0.4, -0.2) is 47.0 Å². The van der Waals surface area contributed by atoms with Gasteiger partial charge in [-0.05, 0) is 35.4 Å². The quantitative estimate of drug-likeness (QED) is 0.414. The summed E-state index contributed by atoms with van der Waals surface area (Å²) in [6.45, 7) is 2.83. The average Bonchev–Trinajstić information content (AvgIpc) is 2.88. The van der Waals surface area contributed by atoms with Crippen LogP contribution in [0, 0.1) is 23.5 Å². The molecule has 2 aliphatic rings. The van der Waals surface area contributed by atoms with Gasteiger partial charge in [0.25, 0.3) is 5.91 Å². The Hall–Kier alpha value is -3.87. The molecular weight excluding hydrogens is 446 g/mol. The van der Waals surface area contributed by atoms with Crippen LogP contribution in [0.1, 0.15) is 16.8 Å². The lowest BCUT2D eigenvalue weighted by atomic mass is 9.84. The van der Waals surface area contributed by atoms with E-state index in [0.717, 1.165) is 48.3 Å². The topological polar surface area (TPSA) is 49.3 Å². The van der Waals surface area contributed by atoms with Crippen LogP contribution in [0.2, 0.25) is 0 Å². The van der Waals surface area contributed by atoms with Gasteiger partial charge in [-0.1, -0.05) is 48.5 Å². The van der Waals surface area contributed by atoms with Gasteiger partial charge in [0.15, 0.2) is 11.6 Å². The van der Waals surface area contributed by atoms with Crippen LogP contribution < -0.4 is 4.90 Å². The zero-order valence-corrected chi connectivity index (χ0v) is 19.1. The molecule has 0 spiro atoms. The third-order valence-corrected chi connectivity index (χ3v) is 7.01. The fraction of sp³-hybridized carbons (Fsp3) is 0.250. The molecule has 0 saturated carbocycles. The normalized spacial score (nSPS) is 19.7. The van der Waals surface area contributed by atoms with E-state index in [4.69, 9.17) is 0 Å². The molecule has 5 nitrogen and oxygen atoms in total. The first-order valence-corrected chi connectivity index (χ1v) is 11.9. The van der Waals surface area contributed by atoms with E-state index in [1.165, 1.54) is 0 Å². The van der Waals surface area contributed by atoms with E-state index < -0.39 is 11.6 Å². The minimum absolute atomic E-state index is 0.0654. The highest BCUT2D eigenvalue weighted by atomic mass is 19.2. The molecule has 2 bridgehead atoms. The summed E-state index contributed by atoms with van der Waals surface area (Å²) in [5.41, 5.74) is 3.38. The number of benzene rings is 3. The van der Waals surface area contributed by atoms with Crippen LogP contribution >= 0.6 is 0 Å². The first-order valence-electron chi connectivity index (χ1n) is 11.9. The Labute approximate surface area is 202 Å². The number of fused-ring (bicyclic) bond motifs is 3. The van der Waals surface area contributed by atoms with Crippen LogP contribution in [0.4, 0.5) is 14.6 Å². The number of hydrogen-bond acceptors (Lipinski definition) is 4. The van der Waals surface area contributed by atoms with Crippen molar-refractivity contribution < 1.29 is 13.6 Å². The first-order chi connectivity index (χ1) is 17.0. The molecule has 3 aromatic carbocycles. The molecule has 1 aromatic heterocycles. The predicted molar refractivity (Wildman–Crippen MR) is 131 cm³/mol. The van der Waals surface area contributed by atoms with Crippen LogP contribution in [0.25, 0.3) is 22.2 Å². The first kappa shape index (κ1) is 21.6. The van der Waals surface area contributed by atoms with Crippen molar-refractivity contribution in [3.63, 3.8) is 0 Å². The van der Waals surface area contributed by atoms with Gasteiger partial charge in [-0.25, -0.2) is 13.8 Å². The van der Waals surface area contributed by atoms with Crippen molar-refractivity contribution in [2.45, 2.75) is 6.42 Å². The van der Waals surface area contributed by atoms with Gasteiger partial charge in [0.1, 0.15) is 5.82 Å². The highest BCUT2D eigenvalue weighted by Crippen LogP contribution is 2.33. The van der Waals surface area contributed by atoms with E-state index in [-0.39, 0.29) is 5.91 Å². The molecule has 2 aliphatic heterocycles. The van der Waals surface area contributed by atoms with E-state index in [2.05, 4.69) is 14.9 Å². The fourth-order valence-electron chi connectivity index (χ4n) is 5.49. The van der Waals surface area contributed by atoms with Gasteiger partial charge < -0.3 is 9.80 Å². The average molecular weight is 471 g/mol. The van der Waals surface area contributed by atoms with E-state index >= 15 is 0 Å². The Morgan fingerprint density at radius 3 is 2.23 bits per heavy atom. The predicted octanol–water partition coefficient (Wildman–Crippen LogP) is 5.17. The molecular formula is C28H24F2N4O. The molecule has 3 heterocycles. The number of anilines is 1. The van der Waals surface area contributed by atoms with Crippen molar-refractivity contribution in [1.82, 2.24) is 14.9 Å². The number of aromatic nitrogens is 2. The number of rotatable bonds is 3. The largest absolute Gasteiger partial charge is 0.355 e. The van der Waals surface area contributed by atoms with Gasteiger partial charge in [0.2, 0.25) is 0 Å². The van der Waals surface area contributed by atoms with Crippen LogP contribution in [0.3, 0.4) is 0 Å². The van der Waals surface area contributed by atoms with Crippen LogP contribution in [0.15, 0.2) is 72.9 Å². The number of piperidine rings is 2. The minimum Gasteiger partial charge on any atom is -0.355 e. The maximum absolute atomic E-state index is 13.7. The summed E-state index contributed by atoms with van der Waals surface area (Å²) < 4.78 is 27.2. The second-order valence-corrected chi connectivity index (χ2v) is 9.48. The molecule has 176 valence electrons. The van der Waals surface area contributed by atoms with E-state index in [0.29, 0.717) is 41.8 Å². The number of halogens is 2. The van der Waals surface area contributed by atoms with Crippen molar-refractivity contribution >= 4 is 22.8 Å². The summed E-state index contributed by atoms with van der Waals surface area (Å²) in [7, 11) is 0. The number of nitrogens with zero attached hydrogens (tertiary/aromatic N) is 4. The van der Waals surface area contributed by atoms with Crippen molar-refractivity contribution in [3.05, 3.63) is 90.1 Å². The van der Waals surface area contributed by atoms with Gasteiger partial charge in [-0.3, -0.25) is 9.78 Å².